The summed E-state index contributed by atoms with van der Waals surface area (Å²) >= 11 is 0. The second-order valence-corrected chi connectivity index (χ2v) is 12.7. The second-order valence-electron chi connectivity index (χ2n) is 12.7. The van der Waals surface area contributed by atoms with Crippen molar-refractivity contribution in [3.63, 3.8) is 0 Å². The lowest BCUT2D eigenvalue weighted by Crippen LogP contribution is -2.40. The van der Waals surface area contributed by atoms with E-state index in [0.717, 1.165) is 74.0 Å². The van der Waals surface area contributed by atoms with Crippen LogP contribution >= 0.6 is 0 Å². The number of aromatic amines is 2. The van der Waals surface area contributed by atoms with E-state index in [4.69, 9.17) is 0 Å². The standard InChI is InChI=1S/C34H38N8O4/c43-29(19-37-33(45)23-10-11-23)41-15-1-3-27(41)31-35-17-25(39-31)14-7-21-5-8-22(9-6-21)26-18-36-32(40-26)28-4-2-16-42(28)30(44)20-38-34(46)24-12-13-24/h5-6,8-9,17-18,23-24,27-28H,1-4,10-13,15-16,19-20H2,(H,35,39)(H,36,40)(H,37,45)(H,38,46). The van der Waals surface area contributed by atoms with Crippen LogP contribution in [0.5, 0.6) is 0 Å². The van der Waals surface area contributed by atoms with Crippen LogP contribution in [0.1, 0.15) is 86.4 Å². The summed E-state index contributed by atoms with van der Waals surface area (Å²) in [6.45, 7) is 1.35. The predicted molar refractivity (Wildman–Crippen MR) is 167 cm³/mol. The number of H-pyrrole nitrogens is 2. The van der Waals surface area contributed by atoms with Crippen molar-refractivity contribution in [2.45, 2.75) is 63.5 Å². The molecule has 4 fully saturated rings. The molecule has 2 aliphatic carbocycles. The maximum atomic E-state index is 12.9. The number of hydrogen-bond acceptors (Lipinski definition) is 6. The molecule has 12 nitrogen and oxygen atoms in total. The second kappa shape index (κ2) is 12.8. The van der Waals surface area contributed by atoms with E-state index in [9.17, 15) is 19.2 Å². The van der Waals surface area contributed by atoms with Gasteiger partial charge >= 0.3 is 0 Å². The van der Waals surface area contributed by atoms with Crippen molar-refractivity contribution in [1.82, 2.24) is 40.4 Å². The van der Waals surface area contributed by atoms with Crippen LogP contribution in [0.4, 0.5) is 0 Å². The zero-order chi connectivity index (χ0) is 31.6. The molecule has 238 valence electrons. The van der Waals surface area contributed by atoms with Gasteiger partial charge in [-0.25, -0.2) is 9.97 Å². The van der Waals surface area contributed by atoms with Gasteiger partial charge < -0.3 is 30.4 Å². The number of rotatable bonds is 9. The number of carbonyl (C=O) groups excluding carboxylic acids is 4. The van der Waals surface area contributed by atoms with Crippen LogP contribution < -0.4 is 10.6 Å². The van der Waals surface area contributed by atoms with E-state index in [1.807, 2.05) is 29.2 Å². The molecule has 2 aliphatic heterocycles. The van der Waals surface area contributed by atoms with Gasteiger partial charge in [0.25, 0.3) is 0 Å². The molecule has 0 spiro atoms. The van der Waals surface area contributed by atoms with Gasteiger partial charge in [0, 0.05) is 30.5 Å². The Morgan fingerprint density at radius 2 is 1.26 bits per heavy atom. The summed E-state index contributed by atoms with van der Waals surface area (Å²) in [6, 6.07) is 7.57. The van der Waals surface area contributed by atoms with Gasteiger partial charge in [-0.2, -0.15) is 0 Å². The highest BCUT2D eigenvalue weighted by Gasteiger charge is 2.35. The maximum Gasteiger partial charge on any atom is 0.242 e. The topological polar surface area (TPSA) is 156 Å². The molecule has 0 radical (unpaired) electrons. The van der Waals surface area contributed by atoms with Gasteiger partial charge in [-0.1, -0.05) is 18.1 Å². The van der Waals surface area contributed by atoms with Gasteiger partial charge in [0.1, 0.15) is 17.3 Å². The first kappa shape index (κ1) is 29.8. The summed E-state index contributed by atoms with van der Waals surface area (Å²) in [6.07, 6.45) is 10.5. The van der Waals surface area contributed by atoms with Crippen LogP contribution in [0, 0.1) is 23.7 Å². The normalized spacial score (nSPS) is 20.7. The van der Waals surface area contributed by atoms with Gasteiger partial charge in [-0.3, -0.25) is 19.2 Å². The largest absolute Gasteiger partial charge is 0.347 e. The minimum absolute atomic E-state index is 0.0228. The zero-order valence-corrected chi connectivity index (χ0v) is 25.7. The van der Waals surface area contributed by atoms with E-state index in [1.54, 1.807) is 17.3 Å². The predicted octanol–water partition coefficient (Wildman–Crippen LogP) is 2.58. The molecule has 2 unspecified atom stereocenters. The number of likely N-dealkylation sites (tertiary alicyclic amines) is 2. The third-order valence-electron chi connectivity index (χ3n) is 9.23. The molecule has 46 heavy (non-hydrogen) atoms. The van der Waals surface area contributed by atoms with E-state index in [0.29, 0.717) is 24.6 Å². The molecular weight excluding hydrogens is 584 g/mol. The van der Waals surface area contributed by atoms with Crippen LogP contribution in [0.15, 0.2) is 36.7 Å². The Kier molecular flexibility index (Phi) is 8.30. The number of amides is 4. The first-order valence-electron chi connectivity index (χ1n) is 16.3. The molecule has 2 saturated carbocycles. The van der Waals surface area contributed by atoms with Gasteiger partial charge in [0.05, 0.1) is 43.3 Å². The summed E-state index contributed by atoms with van der Waals surface area (Å²) in [5.41, 5.74) is 3.32. The highest BCUT2D eigenvalue weighted by Crippen LogP contribution is 2.33. The lowest BCUT2D eigenvalue weighted by Gasteiger charge is -2.23. The number of nitrogens with zero attached hydrogens (tertiary/aromatic N) is 4. The van der Waals surface area contributed by atoms with E-state index >= 15 is 0 Å². The molecule has 1 aromatic carbocycles. The fraction of sp³-hybridized carbons (Fsp3) is 0.471. The van der Waals surface area contributed by atoms with Gasteiger partial charge in [0.15, 0.2) is 0 Å². The summed E-state index contributed by atoms with van der Waals surface area (Å²) in [7, 11) is 0. The number of aromatic nitrogens is 4. The molecular formula is C34H38N8O4. The monoisotopic (exact) mass is 622 g/mol. The van der Waals surface area contributed by atoms with E-state index in [-0.39, 0.29) is 60.6 Å². The molecule has 3 aromatic rings. The molecule has 4 N–H and O–H groups in total. The van der Waals surface area contributed by atoms with E-state index in [2.05, 4.69) is 42.4 Å². The van der Waals surface area contributed by atoms with Gasteiger partial charge in [0.2, 0.25) is 23.6 Å². The van der Waals surface area contributed by atoms with E-state index in [1.165, 1.54) is 0 Å². The van der Waals surface area contributed by atoms with Crippen LogP contribution in [0.2, 0.25) is 0 Å². The van der Waals surface area contributed by atoms with Crippen molar-refractivity contribution >= 4 is 23.6 Å². The SMILES string of the molecule is O=C(NCC(=O)N1CCCC1c1ncc(C#Cc2ccc(-c3cnc(C4CCCN4C(=O)CNC(=O)C4CC4)[nH]3)cc2)[nH]1)C1CC1. The Labute approximate surface area is 267 Å². The average Bonchev–Trinajstić information content (AvgIpc) is 3.83. The number of nitrogens with one attached hydrogen (secondary N) is 4. The van der Waals surface area contributed by atoms with Crippen molar-refractivity contribution in [2.24, 2.45) is 11.8 Å². The minimum Gasteiger partial charge on any atom is -0.347 e. The van der Waals surface area contributed by atoms with Gasteiger partial charge in [-0.05, 0) is 75.0 Å². The zero-order valence-electron chi connectivity index (χ0n) is 25.7. The Morgan fingerprint density at radius 3 is 1.83 bits per heavy atom. The van der Waals surface area contributed by atoms with Crippen molar-refractivity contribution in [2.75, 3.05) is 26.2 Å². The summed E-state index contributed by atoms with van der Waals surface area (Å²) in [5.74, 6) is 7.71. The Bertz CT molecular complexity index is 1690. The number of benzene rings is 1. The quantitative estimate of drug-likeness (QED) is 0.269. The Hall–Kier alpha value is -4.92. The highest BCUT2D eigenvalue weighted by atomic mass is 16.2. The third kappa shape index (κ3) is 6.68. The lowest BCUT2D eigenvalue weighted by atomic mass is 10.1. The molecule has 4 heterocycles. The van der Waals surface area contributed by atoms with Crippen molar-refractivity contribution in [3.05, 3.63) is 59.6 Å². The average molecular weight is 623 g/mol. The van der Waals surface area contributed by atoms with Crippen LogP contribution in [-0.2, 0) is 19.2 Å². The smallest absolute Gasteiger partial charge is 0.242 e. The maximum absolute atomic E-state index is 12.9. The van der Waals surface area contributed by atoms with Crippen LogP contribution in [0.25, 0.3) is 11.3 Å². The molecule has 4 amide bonds. The summed E-state index contributed by atoms with van der Waals surface area (Å²) < 4.78 is 0. The Morgan fingerprint density at radius 1 is 0.717 bits per heavy atom. The Balaban J connectivity index is 0.945. The van der Waals surface area contributed by atoms with Crippen molar-refractivity contribution in [3.8, 4) is 23.1 Å². The van der Waals surface area contributed by atoms with Crippen LogP contribution in [-0.4, -0.2) is 79.5 Å². The molecule has 2 atom stereocenters. The molecule has 4 aliphatic rings. The number of hydrogen-bond donors (Lipinski definition) is 4. The fourth-order valence-corrected chi connectivity index (χ4v) is 6.30. The highest BCUT2D eigenvalue weighted by molar-refractivity contribution is 5.88. The molecule has 2 saturated heterocycles. The number of carbonyl (C=O) groups is 4. The van der Waals surface area contributed by atoms with Crippen LogP contribution in [0.3, 0.4) is 0 Å². The first-order valence-corrected chi connectivity index (χ1v) is 16.3. The molecule has 7 rings (SSSR count). The molecule has 12 heteroatoms. The number of imidazole rings is 2. The molecule has 2 aromatic heterocycles. The summed E-state index contributed by atoms with van der Waals surface area (Å²) in [5, 5.41) is 5.55. The first-order chi connectivity index (χ1) is 22.4. The summed E-state index contributed by atoms with van der Waals surface area (Å²) in [4.78, 5) is 69.0. The fourth-order valence-electron chi connectivity index (χ4n) is 6.30. The van der Waals surface area contributed by atoms with Crippen molar-refractivity contribution in [1.29, 1.82) is 0 Å². The molecule has 0 bridgehead atoms. The van der Waals surface area contributed by atoms with Gasteiger partial charge in [-0.15, -0.1) is 0 Å². The lowest BCUT2D eigenvalue weighted by molar-refractivity contribution is -0.134. The van der Waals surface area contributed by atoms with Crippen molar-refractivity contribution < 1.29 is 19.2 Å². The third-order valence-corrected chi connectivity index (χ3v) is 9.23. The minimum atomic E-state index is -0.151. The van der Waals surface area contributed by atoms with E-state index < -0.39 is 0 Å².